The molecule has 0 saturated carbocycles. The van der Waals surface area contributed by atoms with Crippen molar-refractivity contribution >= 4 is 44.0 Å². The van der Waals surface area contributed by atoms with Crippen molar-refractivity contribution < 1.29 is 0 Å². The van der Waals surface area contributed by atoms with E-state index in [2.05, 4.69) is 26.2 Å². The molecule has 0 spiro atoms. The predicted molar refractivity (Wildman–Crippen MR) is 74.4 cm³/mol. The van der Waals surface area contributed by atoms with Gasteiger partial charge in [0.2, 0.25) is 0 Å². The molecule has 0 aliphatic rings. The molecule has 1 N–H and O–H groups in total. The molecule has 0 fully saturated rings. The van der Waals surface area contributed by atoms with Crippen LogP contribution in [-0.2, 0) is 0 Å². The van der Waals surface area contributed by atoms with E-state index in [0.717, 1.165) is 31.6 Å². The molecule has 0 aliphatic carbocycles. The average Bonchev–Trinajstić information content (AvgIpc) is 2.67. The van der Waals surface area contributed by atoms with E-state index < -0.39 is 0 Å². The van der Waals surface area contributed by atoms with Gasteiger partial charge >= 0.3 is 0 Å². The lowest BCUT2D eigenvalue weighted by atomic mass is 10.2. The number of rotatable bonds is 3. The monoisotopic (exact) mass is 316 g/mol. The van der Waals surface area contributed by atoms with Crippen molar-refractivity contribution in [2.75, 3.05) is 11.9 Å². The fourth-order valence-corrected chi connectivity index (χ4v) is 3.08. The number of hydrogen-bond donors (Lipinski definition) is 1. The zero-order chi connectivity index (χ0) is 11.5. The van der Waals surface area contributed by atoms with Gasteiger partial charge in [-0.05, 0) is 19.1 Å². The molecule has 1 aromatic carbocycles. The zero-order valence-corrected chi connectivity index (χ0v) is 11.8. The molecule has 1 heterocycles. The molecular formula is C11H10BrClN2S. The van der Waals surface area contributed by atoms with Crippen molar-refractivity contribution in [3.8, 4) is 10.4 Å². The van der Waals surface area contributed by atoms with E-state index in [1.54, 1.807) is 11.3 Å². The van der Waals surface area contributed by atoms with Gasteiger partial charge in [0.05, 0.1) is 9.90 Å². The lowest BCUT2D eigenvalue weighted by Crippen LogP contribution is -1.94. The quantitative estimate of drug-likeness (QED) is 0.890. The molecule has 5 heteroatoms. The topological polar surface area (TPSA) is 24.9 Å². The largest absolute Gasteiger partial charge is 0.362 e. The zero-order valence-electron chi connectivity index (χ0n) is 8.63. The minimum Gasteiger partial charge on any atom is -0.362 e. The third-order valence-electron chi connectivity index (χ3n) is 2.03. The number of aromatic nitrogens is 1. The van der Waals surface area contributed by atoms with Gasteiger partial charge in [0.1, 0.15) is 0 Å². The van der Waals surface area contributed by atoms with Gasteiger partial charge in [0.25, 0.3) is 0 Å². The van der Waals surface area contributed by atoms with Crippen LogP contribution in [0.15, 0.2) is 28.9 Å². The van der Waals surface area contributed by atoms with Crippen LogP contribution in [0.3, 0.4) is 0 Å². The Kier molecular flexibility index (Phi) is 3.84. The second-order valence-corrected chi connectivity index (χ2v) is 5.54. The molecule has 1 aromatic heterocycles. The van der Waals surface area contributed by atoms with Gasteiger partial charge in [-0.2, -0.15) is 0 Å². The van der Waals surface area contributed by atoms with Crippen LogP contribution in [0, 0.1) is 0 Å². The first-order chi connectivity index (χ1) is 7.70. The molecule has 0 bridgehead atoms. The third-order valence-corrected chi connectivity index (χ3v) is 3.82. The minimum atomic E-state index is 0.737. The van der Waals surface area contributed by atoms with Crippen molar-refractivity contribution in [2.45, 2.75) is 6.92 Å². The molecule has 0 unspecified atom stereocenters. The van der Waals surface area contributed by atoms with Gasteiger partial charge in [0, 0.05) is 22.8 Å². The summed E-state index contributed by atoms with van der Waals surface area (Å²) in [6.45, 7) is 2.93. The normalized spacial score (nSPS) is 10.4. The maximum atomic E-state index is 6.18. The lowest BCUT2D eigenvalue weighted by Gasteiger charge is -2.00. The number of halogens is 2. The number of benzene rings is 1. The summed E-state index contributed by atoms with van der Waals surface area (Å²) in [7, 11) is 0. The SMILES string of the molecule is CCNc1ncc(-c2ccc(Br)cc2Cl)s1. The predicted octanol–water partition coefficient (Wildman–Crippen LogP) is 4.66. The van der Waals surface area contributed by atoms with Crippen molar-refractivity contribution in [2.24, 2.45) is 0 Å². The Labute approximate surface area is 112 Å². The summed E-state index contributed by atoms with van der Waals surface area (Å²) in [4.78, 5) is 5.36. The van der Waals surface area contributed by atoms with E-state index in [1.807, 2.05) is 31.3 Å². The Morgan fingerprint density at radius 2 is 2.31 bits per heavy atom. The van der Waals surface area contributed by atoms with Crippen LogP contribution in [0.5, 0.6) is 0 Å². The molecule has 2 aromatic rings. The highest BCUT2D eigenvalue weighted by atomic mass is 79.9. The standard InChI is InChI=1S/C11H10BrClN2S/c1-2-14-11-15-6-10(16-11)8-4-3-7(12)5-9(8)13/h3-6H,2H2,1H3,(H,14,15). The van der Waals surface area contributed by atoms with Gasteiger partial charge in [0.15, 0.2) is 5.13 Å². The Balaban J connectivity index is 2.35. The number of thiazole rings is 1. The van der Waals surface area contributed by atoms with Crippen molar-refractivity contribution in [1.29, 1.82) is 0 Å². The molecule has 0 atom stereocenters. The van der Waals surface area contributed by atoms with Crippen molar-refractivity contribution in [1.82, 2.24) is 4.98 Å². The first-order valence-electron chi connectivity index (χ1n) is 4.86. The highest BCUT2D eigenvalue weighted by Gasteiger charge is 2.07. The van der Waals surface area contributed by atoms with E-state index in [4.69, 9.17) is 11.6 Å². The molecule has 0 aliphatic heterocycles. The Morgan fingerprint density at radius 1 is 1.50 bits per heavy atom. The summed E-state index contributed by atoms with van der Waals surface area (Å²) in [5, 5.41) is 4.85. The maximum absolute atomic E-state index is 6.18. The van der Waals surface area contributed by atoms with Crippen LogP contribution >= 0.6 is 38.9 Å². The minimum absolute atomic E-state index is 0.737. The summed E-state index contributed by atoms with van der Waals surface area (Å²) in [6, 6.07) is 5.87. The van der Waals surface area contributed by atoms with E-state index in [-0.39, 0.29) is 0 Å². The summed E-state index contributed by atoms with van der Waals surface area (Å²) in [5.41, 5.74) is 1.02. The van der Waals surface area contributed by atoms with Gasteiger partial charge in [-0.3, -0.25) is 0 Å². The maximum Gasteiger partial charge on any atom is 0.183 e. The Hall–Kier alpha value is -0.580. The average molecular weight is 318 g/mol. The number of anilines is 1. The van der Waals surface area contributed by atoms with Crippen molar-refractivity contribution in [3.05, 3.63) is 33.9 Å². The summed E-state index contributed by atoms with van der Waals surface area (Å²) >= 11 is 11.2. The number of hydrogen-bond acceptors (Lipinski definition) is 3. The fraction of sp³-hybridized carbons (Fsp3) is 0.182. The van der Waals surface area contributed by atoms with E-state index in [0.29, 0.717) is 0 Å². The van der Waals surface area contributed by atoms with Crippen LogP contribution in [0.2, 0.25) is 5.02 Å². The van der Waals surface area contributed by atoms with Crippen LogP contribution in [-0.4, -0.2) is 11.5 Å². The Bertz CT molecular complexity index is 498. The molecule has 84 valence electrons. The van der Waals surface area contributed by atoms with Gasteiger partial charge < -0.3 is 5.32 Å². The first kappa shape index (κ1) is 11.9. The molecule has 16 heavy (non-hydrogen) atoms. The molecule has 0 amide bonds. The number of nitrogens with zero attached hydrogens (tertiary/aromatic N) is 1. The highest BCUT2D eigenvalue weighted by Crippen LogP contribution is 2.35. The molecule has 0 radical (unpaired) electrons. The van der Waals surface area contributed by atoms with Gasteiger partial charge in [-0.15, -0.1) is 0 Å². The smallest absolute Gasteiger partial charge is 0.183 e. The molecule has 2 rings (SSSR count). The summed E-state index contributed by atoms with van der Waals surface area (Å²) in [6.07, 6.45) is 1.85. The summed E-state index contributed by atoms with van der Waals surface area (Å²) < 4.78 is 0.984. The van der Waals surface area contributed by atoms with Crippen LogP contribution < -0.4 is 5.32 Å². The lowest BCUT2D eigenvalue weighted by molar-refractivity contribution is 1.19. The summed E-state index contributed by atoms with van der Waals surface area (Å²) in [5.74, 6) is 0. The molecular weight excluding hydrogens is 308 g/mol. The Morgan fingerprint density at radius 3 is 3.00 bits per heavy atom. The van der Waals surface area contributed by atoms with E-state index in [1.165, 1.54) is 0 Å². The van der Waals surface area contributed by atoms with E-state index >= 15 is 0 Å². The van der Waals surface area contributed by atoms with Gasteiger partial charge in [-0.25, -0.2) is 4.98 Å². The molecule has 2 nitrogen and oxygen atoms in total. The van der Waals surface area contributed by atoms with Crippen LogP contribution in [0.1, 0.15) is 6.92 Å². The molecule has 0 saturated heterocycles. The fourth-order valence-electron chi connectivity index (χ4n) is 1.32. The second-order valence-electron chi connectivity index (χ2n) is 3.18. The van der Waals surface area contributed by atoms with E-state index in [9.17, 15) is 0 Å². The highest BCUT2D eigenvalue weighted by molar-refractivity contribution is 9.10. The first-order valence-corrected chi connectivity index (χ1v) is 6.84. The van der Waals surface area contributed by atoms with Crippen LogP contribution in [0.25, 0.3) is 10.4 Å². The van der Waals surface area contributed by atoms with Gasteiger partial charge in [-0.1, -0.05) is 44.9 Å². The second kappa shape index (κ2) is 5.17. The number of nitrogens with one attached hydrogen (secondary N) is 1. The third kappa shape index (κ3) is 2.56. The van der Waals surface area contributed by atoms with Crippen molar-refractivity contribution in [3.63, 3.8) is 0 Å². The van der Waals surface area contributed by atoms with Crippen LogP contribution in [0.4, 0.5) is 5.13 Å².